The van der Waals surface area contributed by atoms with Crippen LogP contribution in [0.4, 0.5) is 11.4 Å². The van der Waals surface area contributed by atoms with Crippen LogP contribution in [-0.4, -0.2) is 18.4 Å². The number of para-hydroxylation sites is 2. The first-order valence-electron chi connectivity index (χ1n) is 9.65. The number of anilines is 2. The standard InChI is InChI=1S/C24H22N2O3/c1-17-8-14-20(15-9-17)29-22-6-3-2-5-21(22)25-24(28)18-10-12-19(13-11-18)26-16-4-7-23(26)27/h2-3,5-6,8-15H,4,7,16H2,1H3,(H,25,28). The minimum atomic E-state index is -0.232. The van der Waals surface area contributed by atoms with Gasteiger partial charge in [0, 0.05) is 24.2 Å². The molecule has 4 rings (SSSR count). The Hall–Kier alpha value is -3.60. The van der Waals surface area contributed by atoms with Crippen LogP contribution in [0.1, 0.15) is 28.8 Å². The highest BCUT2D eigenvalue weighted by atomic mass is 16.5. The van der Waals surface area contributed by atoms with Crippen LogP contribution in [0.2, 0.25) is 0 Å². The lowest BCUT2D eigenvalue weighted by Crippen LogP contribution is -2.23. The van der Waals surface area contributed by atoms with Crippen molar-refractivity contribution in [2.45, 2.75) is 19.8 Å². The molecule has 0 bridgehead atoms. The van der Waals surface area contributed by atoms with E-state index in [0.29, 0.717) is 29.2 Å². The Kier molecular flexibility index (Phi) is 5.29. The number of aryl methyl sites for hydroxylation is 1. The molecular formula is C24H22N2O3. The number of rotatable bonds is 5. The molecule has 2 amide bonds. The van der Waals surface area contributed by atoms with Gasteiger partial charge in [0.2, 0.25) is 5.91 Å². The van der Waals surface area contributed by atoms with Crippen LogP contribution in [0.15, 0.2) is 72.8 Å². The molecule has 0 spiro atoms. The normalized spacial score (nSPS) is 13.4. The molecule has 0 atom stereocenters. The summed E-state index contributed by atoms with van der Waals surface area (Å²) in [7, 11) is 0. The van der Waals surface area contributed by atoms with Gasteiger partial charge in [-0.25, -0.2) is 0 Å². The Balaban J connectivity index is 1.48. The Morgan fingerprint density at radius 1 is 0.966 bits per heavy atom. The topological polar surface area (TPSA) is 58.6 Å². The van der Waals surface area contributed by atoms with Crippen LogP contribution < -0.4 is 15.0 Å². The van der Waals surface area contributed by atoms with E-state index in [4.69, 9.17) is 4.74 Å². The highest BCUT2D eigenvalue weighted by Crippen LogP contribution is 2.30. The maximum Gasteiger partial charge on any atom is 0.255 e. The Morgan fingerprint density at radius 2 is 1.69 bits per heavy atom. The molecule has 5 heteroatoms. The van der Waals surface area contributed by atoms with Crippen molar-refractivity contribution in [2.75, 3.05) is 16.8 Å². The molecule has 0 unspecified atom stereocenters. The first kappa shape index (κ1) is 18.7. The van der Waals surface area contributed by atoms with E-state index >= 15 is 0 Å². The van der Waals surface area contributed by atoms with E-state index in [0.717, 1.165) is 24.2 Å². The number of nitrogens with zero attached hydrogens (tertiary/aromatic N) is 1. The van der Waals surface area contributed by atoms with E-state index in [1.54, 1.807) is 23.1 Å². The molecule has 5 nitrogen and oxygen atoms in total. The van der Waals surface area contributed by atoms with Crippen LogP contribution in [0, 0.1) is 6.92 Å². The van der Waals surface area contributed by atoms with Crippen LogP contribution in [-0.2, 0) is 4.79 Å². The Bertz CT molecular complexity index is 1030. The quantitative estimate of drug-likeness (QED) is 0.658. The average Bonchev–Trinajstić information content (AvgIpc) is 3.17. The second-order valence-corrected chi connectivity index (χ2v) is 7.06. The molecule has 0 radical (unpaired) electrons. The molecule has 3 aromatic carbocycles. The van der Waals surface area contributed by atoms with Gasteiger partial charge in [0.1, 0.15) is 5.75 Å². The van der Waals surface area contributed by atoms with Gasteiger partial charge in [0.25, 0.3) is 5.91 Å². The molecule has 146 valence electrons. The number of nitrogens with one attached hydrogen (secondary N) is 1. The second kappa shape index (κ2) is 8.19. The van der Waals surface area contributed by atoms with E-state index in [1.807, 2.05) is 61.5 Å². The molecular weight excluding hydrogens is 364 g/mol. The average molecular weight is 386 g/mol. The van der Waals surface area contributed by atoms with E-state index < -0.39 is 0 Å². The lowest BCUT2D eigenvalue weighted by molar-refractivity contribution is -0.117. The maximum absolute atomic E-state index is 12.7. The van der Waals surface area contributed by atoms with Crippen molar-refractivity contribution in [3.63, 3.8) is 0 Å². The Morgan fingerprint density at radius 3 is 2.38 bits per heavy atom. The monoisotopic (exact) mass is 386 g/mol. The van der Waals surface area contributed by atoms with Gasteiger partial charge < -0.3 is 15.0 Å². The molecule has 0 aliphatic carbocycles. The van der Waals surface area contributed by atoms with Crippen molar-refractivity contribution in [2.24, 2.45) is 0 Å². The van der Waals surface area contributed by atoms with Crippen LogP contribution in [0.25, 0.3) is 0 Å². The third kappa shape index (κ3) is 4.29. The van der Waals surface area contributed by atoms with E-state index in [9.17, 15) is 9.59 Å². The Labute approximate surface area is 169 Å². The predicted octanol–water partition coefficient (Wildman–Crippen LogP) is 5.17. The summed E-state index contributed by atoms with van der Waals surface area (Å²) in [4.78, 5) is 26.3. The van der Waals surface area contributed by atoms with Gasteiger partial charge in [-0.2, -0.15) is 0 Å². The number of amides is 2. The van der Waals surface area contributed by atoms with Gasteiger partial charge in [-0.1, -0.05) is 29.8 Å². The minimum absolute atomic E-state index is 0.129. The smallest absolute Gasteiger partial charge is 0.255 e. The van der Waals surface area contributed by atoms with Gasteiger partial charge in [0.15, 0.2) is 5.75 Å². The number of hydrogen-bond acceptors (Lipinski definition) is 3. The second-order valence-electron chi connectivity index (χ2n) is 7.06. The van der Waals surface area contributed by atoms with Crippen LogP contribution >= 0.6 is 0 Å². The van der Waals surface area contributed by atoms with Gasteiger partial charge in [-0.05, 0) is 61.9 Å². The zero-order valence-electron chi connectivity index (χ0n) is 16.2. The summed E-state index contributed by atoms with van der Waals surface area (Å²) >= 11 is 0. The number of carbonyl (C=O) groups is 2. The largest absolute Gasteiger partial charge is 0.455 e. The SMILES string of the molecule is Cc1ccc(Oc2ccccc2NC(=O)c2ccc(N3CCCC3=O)cc2)cc1. The number of hydrogen-bond donors (Lipinski definition) is 1. The van der Waals surface area contributed by atoms with Gasteiger partial charge in [-0.3, -0.25) is 9.59 Å². The zero-order valence-corrected chi connectivity index (χ0v) is 16.2. The molecule has 1 saturated heterocycles. The highest BCUT2D eigenvalue weighted by Gasteiger charge is 2.21. The van der Waals surface area contributed by atoms with Gasteiger partial charge in [-0.15, -0.1) is 0 Å². The fourth-order valence-electron chi connectivity index (χ4n) is 3.30. The summed E-state index contributed by atoms with van der Waals surface area (Å²) in [6.45, 7) is 2.75. The number of carbonyl (C=O) groups excluding carboxylic acids is 2. The summed E-state index contributed by atoms with van der Waals surface area (Å²) < 4.78 is 5.94. The number of benzene rings is 3. The molecule has 1 heterocycles. The summed E-state index contributed by atoms with van der Waals surface area (Å²) in [6, 6.07) is 22.2. The fourth-order valence-corrected chi connectivity index (χ4v) is 3.30. The minimum Gasteiger partial charge on any atom is -0.455 e. The maximum atomic E-state index is 12.7. The molecule has 3 aromatic rings. The number of ether oxygens (including phenoxy) is 1. The highest BCUT2D eigenvalue weighted by molar-refractivity contribution is 6.05. The third-order valence-corrected chi connectivity index (χ3v) is 4.90. The predicted molar refractivity (Wildman–Crippen MR) is 114 cm³/mol. The van der Waals surface area contributed by atoms with Crippen molar-refractivity contribution in [1.82, 2.24) is 0 Å². The lowest BCUT2D eigenvalue weighted by Gasteiger charge is -2.16. The summed E-state index contributed by atoms with van der Waals surface area (Å²) in [6.07, 6.45) is 1.46. The molecule has 0 saturated carbocycles. The summed E-state index contributed by atoms with van der Waals surface area (Å²) in [5.74, 6) is 1.18. The van der Waals surface area contributed by atoms with E-state index in [2.05, 4.69) is 5.32 Å². The van der Waals surface area contributed by atoms with Crippen LogP contribution in [0.3, 0.4) is 0 Å². The summed E-state index contributed by atoms with van der Waals surface area (Å²) in [5.41, 5.74) is 3.09. The van der Waals surface area contributed by atoms with Crippen molar-refractivity contribution in [3.8, 4) is 11.5 Å². The first-order valence-corrected chi connectivity index (χ1v) is 9.65. The molecule has 29 heavy (non-hydrogen) atoms. The van der Waals surface area contributed by atoms with Crippen LogP contribution in [0.5, 0.6) is 11.5 Å². The molecule has 1 aliphatic heterocycles. The molecule has 1 fully saturated rings. The van der Waals surface area contributed by atoms with Crippen molar-refractivity contribution in [1.29, 1.82) is 0 Å². The van der Waals surface area contributed by atoms with Crippen molar-refractivity contribution < 1.29 is 14.3 Å². The molecule has 1 aliphatic rings. The van der Waals surface area contributed by atoms with Gasteiger partial charge >= 0.3 is 0 Å². The van der Waals surface area contributed by atoms with Crippen molar-refractivity contribution in [3.05, 3.63) is 83.9 Å². The molecule has 1 N–H and O–H groups in total. The third-order valence-electron chi connectivity index (χ3n) is 4.90. The zero-order chi connectivity index (χ0) is 20.2. The lowest BCUT2D eigenvalue weighted by atomic mass is 10.1. The first-order chi connectivity index (χ1) is 14.1. The summed E-state index contributed by atoms with van der Waals surface area (Å²) in [5, 5.41) is 2.91. The fraction of sp³-hybridized carbons (Fsp3) is 0.167. The van der Waals surface area contributed by atoms with E-state index in [-0.39, 0.29) is 11.8 Å². The molecule has 0 aromatic heterocycles. The van der Waals surface area contributed by atoms with E-state index in [1.165, 1.54) is 0 Å². The van der Waals surface area contributed by atoms with Gasteiger partial charge in [0.05, 0.1) is 5.69 Å². The van der Waals surface area contributed by atoms with Crippen molar-refractivity contribution >= 4 is 23.2 Å².